The summed E-state index contributed by atoms with van der Waals surface area (Å²) >= 11 is 11.2. The summed E-state index contributed by atoms with van der Waals surface area (Å²) < 4.78 is 90.5. The lowest BCUT2D eigenvalue weighted by molar-refractivity contribution is -0.139. The lowest BCUT2D eigenvalue weighted by Gasteiger charge is -2.20. The zero-order valence-corrected chi connectivity index (χ0v) is 15.9. The Balaban J connectivity index is 2.52. The van der Waals surface area contributed by atoms with E-state index in [-0.39, 0.29) is 5.69 Å². The molecule has 0 saturated carbocycles. The monoisotopic (exact) mass is 466 g/mol. The van der Waals surface area contributed by atoms with Crippen LogP contribution in [-0.2, 0) is 0 Å². The number of alkyl halides is 6. The van der Waals surface area contributed by atoms with Gasteiger partial charge >= 0.3 is 12.4 Å². The maximum Gasteiger partial charge on any atom is 0.408 e. The van der Waals surface area contributed by atoms with Crippen LogP contribution < -0.4 is 10.6 Å². The third kappa shape index (κ3) is 5.92. The van der Waals surface area contributed by atoms with Gasteiger partial charge in [-0.2, -0.15) is 41.3 Å². The normalized spacial score (nSPS) is 14.4. The second-order valence-electron chi connectivity index (χ2n) is 5.72. The molecule has 0 radical (unpaired) electrons. The summed E-state index contributed by atoms with van der Waals surface area (Å²) in [6, 6.07) is -3.58. The molecule has 0 aliphatic carbocycles. The van der Waals surface area contributed by atoms with Gasteiger partial charge in [-0.05, 0) is 13.8 Å². The van der Waals surface area contributed by atoms with Crippen LogP contribution in [0.2, 0.25) is 10.2 Å². The molecular weight excluding hydrogens is 456 g/mol. The van der Waals surface area contributed by atoms with Gasteiger partial charge in [0, 0.05) is 6.07 Å². The quantitative estimate of drug-likeness (QED) is 0.471. The van der Waals surface area contributed by atoms with Gasteiger partial charge in [0.05, 0.1) is 0 Å². The zero-order valence-electron chi connectivity index (χ0n) is 14.4. The molecular formula is C14H11Cl2F7N6. The number of hydrogen-bond acceptors (Lipinski definition) is 6. The SMILES string of the molecule is C[C@@H](Nc1nc(N[C@H](C)C(F)(F)F)nc(-c2cc(F)c(Cl)c(Cl)n2)n1)C(F)(F)F. The minimum atomic E-state index is -4.70. The minimum Gasteiger partial charge on any atom is -0.343 e. The van der Waals surface area contributed by atoms with Crippen LogP contribution in [0, 0.1) is 5.82 Å². The van der Waals surface area contributed by atoms with E-state index in [1.807, 2.05) is 10.6 Å². The average molecular weight is 467 g/mol. The van der Waals surface area contributed by atoms with Crippen molar-refractivity contribution in [3.05, 3.63) is 22.1 Å². The average Bonchev–Trinajstić information content (AvgIpc) is 2.57. The lowest BCUT2D eigenvalue weighted by Crippen LogP contribution is -2.35. The van der Waals surface area contributed by atoms with Crippen LogP contribution in [0.3, 0.4) is 0 Å². The summed E-state index contributed by atoms with van der Waals surface area (Å²) in [6.45, 7) is 1.48. The summed E-state index contributed by atoms with van der Waals surface area (Å²) in [5.74, 6) is -3.01. The van der Waals surface area contributed by atoms with Crippen LogP contribution in [0.5, 0.6) is 0 Å². The molecule has 160 valence electrons. The first kappa shape index (κ1) is 23.1. The van der Waals surface area contributed by atoms with Crippen LogP contribution in [-0.4, -0.2) is 44.4 Å². The third-order valence-electron chi connectivity index (χ3n) is 3.41. The number of anilines is 2. The van der Waals surface area contributed by atoms with E-state index in [2.05, 4.69) is 19.9 Å². The van der Waals surface area contributed by atoms with Crippen molar-refractivity contribution in [2.45, 2.75) is 38.3 Å². The summed E-state index contributed by atoms with van der Waals surface area (Å²) in [6.07, 6.45) is -9.40. The van der Waals surface area contributed by atoms with Crippen LogP contribution in [0.25, 0.3) is 11.5 Å². The first-order chi connectivity index (χ1) is 13.2. The minimum absolute atomic E-state index is 0.385. The molecule has 0 saturated heterocycles. The third-order valence-corrected chi connectivity index (χ3v) is 4.14. The Morgan fingerprint density at radius 1 is 0.828 bits per heavy atom. The van der Waals surface area contributed by atoms with Gasteiger partial charge < -0.3 is 10.6 Å². The van der Waals surface area contributed by atoms with Crippen molar-refractivity contribution in [2.75, 3.05) is 10.6 Å². The highest BCUT2D eigenvalue weighted by atomic mass is 35.5. The highest BCUT2D eigenvalue weighted by Gasteiger charge is 2.38. The number of hydrogen-bond donors (Lipinski definition) is 2. The van der Waals surface area contributed by atoms with Gasteiger partial charge in [-0.1, -0.05) is 23.2 Å². The number of aromatic nitrogens is 4. The summed E-state index contributed by atoms with van der Waals surface area (Å²) in [5.41, 5.74) is -0.385. The summed E-state index contributed by atoms with van der Waals surface area (Å²) in [4.78, 5) is 14.5. The molecule has 0 aliphatic rings. The van der Waals surface area contributed by atoms with E-state index in [1.165, 1.54) is 0 Å². The molecule has 0 aliphatic heterocycles. The van der Waals surface area contributed by atoms with Crippen LogP contribution in [0.15, 0.2) is 6.07 Å². The zero-order chi connectivity index (χ0) is 22.1. The first-order valence-corrected chi connectivity index (χ1v) is 8.38. The molecule has 2 atom stereocenters. The molecule has 2 aromatic heterocycles. The van der Waals surface area contributed by atoms with E-state index < -0.39 is 58.2 Å². The first-order valence-electron chi connectivity index (χ1n) is 7.63. The van der Waals surface area contributed by atoms with Crippen molar-refractivity contribution < 1.29 is 30.7 Å². The van der Waals surface area contributed by atoms with Gasteiger partial charge in [-0.3, -0.25) is 0 Å². The fourth-order valence-electron chi connectivity index (χ4n) is 1.75. The van der Waals surface area contributed by atoms with Crippen molar-refractivity contribution in [1.29, 1.82) is 0 Å². The summed E-state index contributed by atoms with van der Waals surface area (Å²) in [5, 5.41) is 2.76. The fraction of sp³-hybridized carbons (Fsp3) is 0.429. The van der Waals surface area contributed by atoms with E-state index in [9.17, 15) is 30.7 Å². The lowest BCUT2D eigenvalue weighted by atomic mass is 10.3. The van der Waals surface area contributed by atoms with Crippen molar-refractivity contribution >= 4 is 35.1 Å². The van der Waals surface area contributed by atoms with Crippen molar-refractivity contribution in [3.63, 3.8) is 0 Å². The van der Waals surface area contributed by atoms with E-state index in [0.29, 0.717) is 0 Å². The predicted molar refractivity (Wildman–Crippen MR) is 91.3 cm³/mol. The van der Waals surface area contributed by atoms with Gasteiger partial charge in [0.2, 0.25) is 11.9 Å². The molecule has 0 aromatic carbocycles. The molecule has 0 unspecified atom stereocenters. The van der Waals surface area contributed by atoms with Crippen LogP contribution >= 0.6 is 23.2 Å². The molecule has 2 aromatic rings. The largest absolute Gasteiger partial charge is 0.408 e. The Morgan fingerprint density at radius 3 is 1.66 bits per heavy atom. The van der Waals surface area contributed by atoms with Gasteiger partial charge in [-0.15, -0.1) is 0 Å². The highest BCUT2D eigenvalue weighted by molar-refractivity contribution is 6.41. The second-order valence-corrected chi connectivity index (χ2v) is 6.45. The number of nitrogens with one attached hydrogen (secondary N) is 2. The van der Waals surface area contributed by atoms with Gasteiger partial charge in [0.15, 0.2) is 11.0 Å². The van der Waals surface area contributed by atoms with Crippen LogP contribution in [0.4, 0.5) is 42.6 Å². The topological polar surface area (TPSA) is 75.6 Å². The van der Waals surface area contributed by atoms with E-state index >= 15 is 0 Å². The number of pyridine rings is 1. The molecule has 0 fully saturated rings. The maximum atomic E-state index is 13.8. The Morgan fingerprint density at radius 2 is 1.28 bits per heavy atom. The Bertz CT molecular complexity index is 826. The second kappa shape index (κ2) is 8.30. The molecule has 0 bridgehead atoms. The highest BCUT2D eigenvalue weighted by Crippen LogP contribution is 2.29. The fourth-order valence-corrected chi connectivity index (χ4v) is 2.03. The van der Waals surface area contributed by atoms with E-state index in [1.54, 1.807) is 0 Å². The standard InChI is InChI=1S/C14H11Cl2F7N6/c1-4(13(18,19)20)24-11-27-10(7-3-6(17)8(15)9(16)26-7)28-12(29-11)25-5(2)14(21,22)23/h3-5H,1-2H3,(H2,24,25,27,28,29)/t4-,5-/m1/s1. The molecule has 15 heteroatoms. The van der Waals surface area contributed by atoms with Crippen molar-refractivity contribution in [3.8, 4) is 11.5 Å². The Kier molecular flexibility index (Phi) is 6.62. The van der Waals surface area contributed by atoms with E-state index in [0.717, 1.165) is 19.9 Å². The molecule has 0 amide bonds. The maximum absolute atomic E-state index is 13.8. The summed E-state index contributed by atoms with van der Waals surface area (Å²) in [7, 11) is 0. The smallest absolute Gasteiger partial charge is 0.343 e. The van der Waals surface area contributed by atoms with Crippen LogP contribution in [0.1, 0.15) is 13.8 Å². The molecule has 6 nitrogen and oxygen atoms in total. The Labute approximate surface area is 168 Å². The number of rotatable bonds is 5. The molecule has 2 N–H and O–H groups in total. The Hall–Kier alpha value is -2.15. The van der Waals surface area contributed by atoms with Crippen molar-refractivity contribution in [2.24, 2.45) is 0 Å². The molecule has 2 heterocycles. The van der Waals surface area contributed by atoms with E-state index in [4.69, 9.17) is 23.2 Å². The molecule has 2 rings (SSSR count). The molecule has 29 heavy (non-hydrogen) atoms. The van der Waals surface area contributed by atoms with Crippen molar-refractivity contribution in [1.82, 2.24) is 19.9 Å². The number of halogens is 9. The van der Waals surface area contributed by atoms with Gasteiger partial charge in [0.1, 0.15) is 28.6 Å². The van der Waals surface area contributed by atoms with Gasteiger partial charge in [-0.25, -0.2) is 9.37 Å². The number of nitrogens with zero attached hydrogens (tertiary/aromatic N) is 4. The molecule has 0 spiro atoms. The predicted octanol–water partition coefficient (Wildman–Crippen LogP) is 5.10. The van der Waals surface area contributed by atoms with Gasteiger partial charge in [0.25, 0.3) is 0 Å².